The molecular weight excluding hydrogens is 285 g/mol. The number of anilines is 1. The summed E-state index contributed by atoms with van der Waals surface area (Å²) in [5, 5.41) is 3.33. The molecule has 21 heavy (non-hydrogen) atoms. The first-order valence-electron chi connectivity index (χ1n) is 6.91. The molecule has 0 atom stereocenters. The largest absolute Gasteiger partial charge is 0.468 e. The smallest absolute Gasteiger partial charge is 0.422 e. The van der Waals surface area contributed by atoms with Crippen LogP contribution in [0.2, 0.25) is 0 Å². The molecule has 0 aromatic carbocycles. The first-order chi connectivity index (χ1) is 9.96. The molecule has 2 rings (SSSR count). The van der Waals surface area contributed by atoms with Crippen molar-refractivity contribution in [2.45, 2.75) is 44.0 Å². The van der Waals surface area contributed by atoms with Crippen molar-refractivity contribution in [3.8, 4) is 5.88 Å². The highest BCUT2D eigenvalue weighted by Crippen LogP contribution is 2.24. The summed E-state index contributed by atoms with van der Waals surface area (Å²) >= 11 is 0. The van der Waals surface area contributed by atoms with Crippen LogP contribution in [0.15, 0.2) is 18.3 Å². The van der Waals surface area contributed by atoms with Gasteiger partial charge in [-0.2, -0.15) is 13.2 Å². The highest BCUT2D eigenvalue weighted by atomic mass is 19.4. The standard InChI is InChI=1S/C14H19F3N2O2/c1-20-12-5-2-10(3-6-12)19-11-4-7-13(18-8-11)21-9-14(15,16)17/h4,7-8,10,12,19H,2-3,5-6,9H2,1H3. The molecule has 1 saturated carbocycles. The van der Waals surface area contributed by atoms with Crippen molar-refractivity contribution in [1.82, 2.24) is 4.98 Å². The Hall–Kier alpha value is -1.50. The third-order valence-electron chi connectivity index (χ3n) is 3.50. The molecule has 7 heteroatoms. The fraction of sp³-hybridized carbons (Fsp3) is 0.643. The summed E-state index contributed by atoms with van der Waals surface area (Å²) in [7, 11) is 1.72. The SMILES string of the molecule is COC1CCC(Nc2ccc(OCC(F)(F)F)nc2)CC1. The van der Waals surface area contributed by atoms with E-state index in [-0.39, 0.29) is 5.88 Å². The fourth-order valence-electron chi connectivity index (χ4n) is 2.39. The molecule has 118 valence electrons. The quantitative estimate of drug-likeness (QED) is 0.905. The van der Waals surface area contributed by atoms with Crippen LogP contribution in [0.4, 0.5) is 18.9 Å². The predicted molar refractivity (Wildman–Crippen MR) is 72.5 cm³/mol. The second-order valence-corrected chi connectivity index (χ2v) is 5.14. The van der Waals surface area contributed by atoms with E-state index in [0.717, 1.165) is 31.4 Å². The van der Waals surface area contributed by atoms with Crippen molar-refractivity contribution in [3.05, 3.63) is 18.3 Å². The molecule has 1 aromatic heterocycles. The Labute approximate surface area is 121 Å². The van der Waals surface area contributed by atoms with Crippen LogP contribution in [0.5, 0.6) is 5.88 Å². The Morgan fingerprint density at radius 2 is 1.95 bits per heavy atom. The van der Waals surface area contributed by atoms with Gasteiger partial charge in [-0.3, -0.25) is 0 Å². The minimum Gasteiger partial charge on any atom is -0.468 e. The molecule has 1 aromatic rings. The number of nitrogens with one attached hydrogen (secondary N) is 1. The molecular formula is C14H19F3N2O2. The Balaban J connectivity index is 1.80. The summed E-state index contributed by atoms with van der Waals surface area (Å²) in [4.78, 5) is 3.87. The van der Waals surface area contributed by atoms with Crippen molar-refractivity contribution in [1.29, 1.82) is 0 Å². The maximum absolute atomic E-state index is 12.0. The first-order valence-corrected chi connectivity index (χ1v) is 6.91. The molecule has 1 aliphatic rings. The van der Waals surface area contributed by atoms with E-state index in [1.165, 1.54) is 12.3 Å². The van der Waals surface area contributed by atoms with Gasteiger partial charge in [-0.15, -0.1) is 0 Å². The van der Waals surface area contributed by atoms with E-state index in [9.17, 15) is 13.2 Å². The number of aromatic nitrogens is 1. The molecule has 0 radical (unpaired) electrons. The zero-order valence-electron chi connectivity index (χ0n) is 11.8. The van der Waals surface area contributed by atoms with E-state index < -0.39 is 12.8 Å². The molecule has 1 N–H and O–H groups in total. The topological polar surface area (TPSA) is 43.4 Å². The second kappa shape index (κ2) is 6.98. The van der Waals surface area contributed by atoms with E-state index >= 15 is 0 Å². The molecule has 0 saturated heterocycles. The predicted octanol–water partition coefficient (Wildman–Crippen LogP) is 3.39. The van der Waals surface area contributed by atoms with E-state index in [4.69, 9.17) is 4.74 Å². The van der Waals surface area contributed by atoms with E-state index in [2.05, 4.69) is 15.0 Å². The average molecular weight is 304 g/mol. The zero-order chi connectivity index (χ0) is 15.3. The Morgan fingerprint density at radius 3 is 2.48 bits per heavy atom. The number of rotatable bonds is 5. The highest BCUT2D eigenvalue weighted by molar-refractivity contribution is 5.43. The lowest BCUT2D eigenvalue weighted by atomic mass is 9.93. The second-order valence-electron chi connectivity index (χ2n) is 5.14. The minimum atomic E-state index is -4.35. The maximum Gasteiger partial charge on any atom is 0.422 e. The van der Waals surface area contributed by atoms with Crippen LogP contribution in [-0.4, -0.2) is 37.0 Å². The molecule has 0 aliphatic heterocycles. The Morgan fingerprint density at radius 1 is 1.24 bits per heavy atom. The van der Waals surface area contributed by atoms with Gasteiger partial charge in [0.2, 0.25) is 5.88 Å². The number of pyridine rings is 1. The van der Waals surface area contributed by atoms with Gasteiger partial charge in [0, 0.05) is 19.2 Å². The van der Waals surface area contributed by atoms with Crippen LogP contribution < -0.4 is 10.1 Å². The molecule has 0 unspecified atom stereocenters. The van der Waals surface area contributed by atoms with Crippen molar-refractivity contribution in [3.63, 3.8) is 0 Å². The molecule has 0 amide bonds. The minimum absolute atomic E-state index is 0.0269. The van der Waals surface area contributed by atoms with Crippen LogP contribution in [-0.2, 0) is 4.74 Å². The van der Waals surface area contributed by atoms with E-state index in [1.54, 1.807) is 13.2 Å². The van der Waals surface area contributed by atoms with Crippen LogP contribution in [0.1, 0.15) is 25.7 Å². The van der Waals surface area contributed by atoms with Crippen molar-refractivity contribution in [2.24, 2.45) is 0 Å². The molecule has 0 spiro atoms. The lowest BCUT2D eigenvalue weighted by molar-refractivity contribution is -0.154. The summed E-state index contributed by atoms with van der Waals surface area (Å²) in [6, 6.07) is 3.47. The highest BCUT2D eigenvalue weighted by Gasteiger charge is 2.28. The normalized spacial score (nSPS) is 22.9. The summed E-state index contributed by atoms with van der Waals surface area (Å²) in [5.41, 5.74) is 0.787. The number of nitrogens with zero attached hydrogens (tertiary/aromatic N) is 1. The molecule has 4 nitrogen and oxygen atoms in total. The van der Waals surface area contributed by atoms with Gasteiger partial charge < -0.3 is 14.8 Å². The lowest BCUT2D eigenvalue weighted by Gasteiger charge is -2.28. The zero-order valence-corrected chi connectivity index (χ0v) is 11.8. The van der Waals surface area contributed by atoms with Gasteiger partial charge in [0.15, 0.2) is 6.61 Å². The Kier molecular flexibility index (Phi) is 5.27. The Bertz CT molecular complexity index is 429. The monoisotopic (exact) mass is 304 g/mol. The fourth-order valence-corrected chi connectivity index (χ4v) is 2.39. The van der Waals surface area contributed by atoms with Gasteiger partial charge in [-0.1, -0.05) is 0 Å². The van der Waals surface area contributed by atoms with E-state index in [0.29, 0.717) is 12.1 Å². The van der Waals surface area contributed by atoms with Gasteiger partial charge in [0.05, 0.1) is 18.0 Å². The summed E-state index contributed by atoms with van der Waals surface area (Å²) < 4.78 is 45.9. The number of halogens is 3. The molecule has 0 bridgehead atoms. The van der Waals surface area contributed by atoms with Gasteiger partial charge in [0.25, 0.3) is 0 Å². The third kappa shape index (κ3) is 5.41. The summed E-state index contributed by atoms with van der Waals surface area (Å²) in [6.45, 7) is -1.33. The third-order valence-corrected chi connectivity index (χ3v) is 3.50. The van der Waals surface area contributed by atoms with Crippen LogP contribution >= 0.6 is 0 Å². The van der Waals surface area contributed by atoms with Crippen molar-refractivity contribution in [2.75, 3.05) is 19.0 Å². The number of alkyl halides is 3. The average Bonchev–Trinajstić information content (AvgIpc) is 2.46. The van der Waals surface area contributed by atoms with Crippen molar-refractivity contribution >= 4 is 5.69 Å². The lowest BCUT2D eigenvalue weighted by Crippen LogP contribution is -2.29. The number of hydrogen-bond acceptors (Lipinski definition) is 4. The number of methoxy groups -OCH3 is 1. The summed E-state index contributed by atoms with van der Waals surface area (Å²) in [5.74, 6) is -0.0269. The van der Waals surface area contributed by atoms with Crippen molar-refractivity contribution < 1.29 is 22.6 Å². The van der Waals surface area contributed by atoms with Gasteiger partial charge in [-0.05, 0) is 31.7 Å². The molecule has 1 heterocycles. The van der Waals surface area contributed by atoms with E-state index in [1.807, 2.05) is 0 Å². The van der Waals surface area contributed by atoms with Crippen LogP contribution in [0.25, 0.3) is 0 Å². The van der Waals surface area contributed by atoms with Gasteiger partial charge >= 0.3 is 6.18 Å². The maximum atomic E-state index is 12.0. The van der Waals surface area contributed by atoms with Gasteiger partial charge in [0.1, 0.15) is 0 Å². The first kappa shape index (κ1) is 15.9. The van der Waals surface area contributed by atoms with Crippen LogP contribution in [0, 0.1) is 0 Å². The number of hydrogen-bond donors (Lipinski definition) is 1. The van der Waals surface area contributed by atoms with Crippen LogP contribution in [0.3, 0.4) is 0 Å². The number of ether oxygens (including phenoxy) is 2. The molecule has 1 aliphatic carbocycles. The molecule has 1 fully saturated rings. The van der Waals surface area contributed by atoms with Gasteiger partial charge in [-0.25, -0.2) is 4.98 Å². The summed E-state index contributed by atoms with van der Waals surface area (Å²) in [6.07, 6.45) is 1.50.